The van der Waals surface area contributed by atoms with Crippen molar-refractivity contribution >= 4 is 64.7 Å². The van der Waals surface area contributed by atoms with Crippen LogP contribution in [0.15, 0.2) is 42.5 Å². The van der Waals surface area contributed by atoms with Crippen LogP contribution in [0.4, 0.5) is 0 Å². The van der Waals surface area contributed by atoms with Gasteiger partial charge < -0.3 is 20.8 Å². The number of benzene rings is 2. The van der Waals surface area contributed by atoms with Crippen molar-refractivity contribution in [1.29, 1.82) is 0 Å². The van der Waals surface area contributed by atoms with Crippen LogP contribution in [-0.4, -0.2) is 71.1 Å². The van der Waals surface area contributed by atoms with E-state index in [4.69, 9.17) is 16.4 Å². The summed E-state index contributed by atoms with van der Waals surface area (Å²) < 4.78 is 1.67. The van der Waals surface area contributed by atoms with E-state index in [1.165, 1.54) is 5.06 Å². The van der Waals surface area contributed by atoms with Crippen molar-refractivity contribution in [3.05, 3.63) is 64.3 Å². The van der Waals surface area contributed by atoms with Crippen LogP contribution in [0, 0.1) is 6.92 Å². The Morgan fingerprint density at radius 1 is 0.907 bits per heavy atom. The van der Waals surface area contributed by atoms with E-state index >= 15 is 0 Å². The van der Waals surface area contributed by atoms with Gasteiger partial charge in [-0.25, -0.2) is 0 Å². The zero-order valence-electron chi connectivity index (χ0n) is 24.4. The summed E-state index contributed by atoms with van der Waals surface area (Å²) in [5.41, 5.74) is 3.01. The molecule has 43 heavy (non-hydrogen) atoms. The minimum absolute atomic E-state index is 0.0590. The smallest absolute Gasteiger partial charge is 0.274 e. The summed E-state index contributed by atoms with van der Waals surface area (Å²) in [5.74, 6) is -1.84. The van der Waals surface area contributed by atoms with Gasteiger partial charge in [-0.2, -0.15) is 17.7 Å². The highest BCUT2D eigenvalue weighted by Crippen LogP contribution is 2.31. The molecule has 0 atom stereocenters. The van der Waals surface area contributed by atoms with Crippen LogP contribution >= 0.6 is 24.2 Å². The molecule has 0 bridgehead atoms. The molecule has 0 aliphatic heterocycles. The normalized spacial score (nSPS) is 10.7. The van der Waals surface area contributed by atoms with Crippen molar-refractivity contribution in [2.75, 3.05) is 31.9 Å². The predicted octanol–water partition coefficient (Wildman–Crippen LogP) is 3.05. The van der Waals surface area contributed by atoms with Crippen LogP contribution in [0.1, 0.15) is 48.3 Å². The second-order valence-corrected chi connectivity index (χ2v) is 10.4. The minimum atomic E-state index is -0.575. The van der Waals surface area contributed by atoms with Gasteiger partial charge >= 0.3 is 0 Å². The van der Waals surface area contributed by atoms with Gasteiger partial charge in [-0.05, 0) is 67.8 Å². The van der Waals surface area contributed by atoms with Gasteiger partial charge in [0.2, 0.25) is 17.7 Å². The average Bonchev–Trinajstić information content (AvgIpc) is 3.29. The molecule has 1 aromatic heterocycles. The monoisotopic (exact) mass is 629 g/mol. The number of nitrogens with zero attached hydrogens (tertiary/aromatic N) is 2. The molecule has 3 aromatic rings. The number of halogens is 1. The Balaban J connectivity index is 1.71. The Kier molecular flexibility index (Phi) is 12.4. The van der Waals surface area contributed by atoms with E-state index in [-0.39, 0.29) is 31.3 Å². The molecule has 0 radical (unpaired) electrons. The highest BCUT2D eigenvalue weighted by atomic mass is 35.5. The van der Waals surface area contributed by atoms with Gasteiger partial charge in [-0.15, -0.1) is 0 Å². The maximum absolute atomic E-state index is 13.4. The second-order valence-electron chi connectivity index (χ2n) is 9.67. The summed E-state index contributed by atoms with van der Waals surface area (Å²) in [6.45, 7) is 5.18. The Hall–Kier alpha value is -4.03. The molecule has 0 fully saturated rings. The van der Waals surface area contributed by atoms with Gasteiger partial charge in [0.05, 0.1) is 37.4 Å². The maximum Gasteiger partial charge on any atom is 0.274 e. The number of amides is 4. The Morgan fingerprint density at radius 2 is 1.53 bits per heavy atom. The van der Waals surface area contributed by atoms with Gasteiger partial charge in [0.15, 0.2) is 5.75 Å². The number of aryl methyl sites for hydroxylation is 1. The van der Waals surface area contributed by atoms with Crippen molar-refractivity contribution in [2.45, 2.75) is 40.0 Å². The molecule has 0 aliphatic carbocycles. The summed E-state index contributed by atoms with van der Waals surface area (Å²) in [4.78, 5) is 67.6. The molecule has 0 saturated heterocycles. The summed E-state index contributed by atoms with van der Waals surface area (Å²) >= 11 is 9.80. The lowest BCUT2D eigenvalue weighted by atomic mass is 10.1. The van der Waals surface area contributed by atoms with Crippen LogP contribution in [0.25, 0.3) is 10.9 Å². The number of unbranched alkanes of at least 4 members (excludes halogenated alkanes) is 1. The number of hydrogen-bond donors (Lipinski definition) is 4. The van der Waals surface area contributed by atoms with Gasteiger partial charge in [-0.1, -0.05) is 31.9 Å². The van der Waals surface area contributed by atoms with Crippen molar-refractivity contribution in [3.8, 4) is 5.75 Å². The predicted molar refractivity (Wildman–Crippen MR) is 167 cm³/mol. The SMILES string of the molecule is CCCCN(Oc1ccc2c(c1)c(CC)c(C)n2C(=O)c1ccc(Cl)cc1)C(=O)CNC(=O)CNC(=O)CNC(=O)CS. The van der Waals surface area contributed by atoms with Gasteiger partial charge in [-0.3, -0.25) is 28.5 Å². The van der Waals surface area contributed by atoms with Crippen LogP contribution < -0.4 is 20.8 Å². The molecule has 13 heteroatoms. The summed E-state index contributed by atoms with van der Waals surface area (Å²) in [7, 11) is 0. The fourth-order valence-corrected chi connectivity index (χ4v) is 4.64. The van der Waals surface area contributed by atoms with E-state index in [2.05, 4.69) is 28.6 Å². The van der Waals surface area contributed by atoms with E-state index in [1.54, 1.807) is 47.0 Å². The molecule has 0 aliphatic rings. The summed E-state index contributed by atoms with van der Waals surface area (Å²) in [6.07, 6.45) is 2.15. The van der Waals surface area contributed by atoms with Crippen LogP contribution in [0.2, 0.25) is 5.02 Å². The third-order valence-corrected chi connectivity index (χ3v) is 7.17. The summed E-state index contributed by atoms with van der Waals surface area (Å²) in [6, 6.07) is 12.0. The van der Waals surface area contributed by atoms with Crippen molar-refractivity contribution < 1.29 is 28.8 Å². The first kappa shape index (κ1) is 33.5. The van der Waals surface area contributed by atoms with E-state index < -0.39 is 23.6 Å². The largest absolute Gasteiger partial charge is 0.377 e. The number of aromatic nitrogens is 1. The molecule has 0 spiro atoms. The number of hydrogen-bond acceptors (Lipinski definition) is 7. The second kappa shape index (κ2) is 16.0. The first-order valence-electron chi connectivity index (χ1n) is 13.9. The van der Waals surface area contributed by atoms with Crippen LogP contribution in [0.3, 0.4) is 0 Å². The Morgan fingerprint density at radius 3 is 2.14 bits per heavy atom. The number of carbonyl (C=O) groups is 5. The Bertz CT molecular complexity index is 1490. The van der Waals surface area contributed by atoms with Gasteiger partial charge in [0, 0.05) is 21.7 Å². The number of hydroxylamine groups is 2. The summed E-state index contributed by atoms with van der Waals surface area (Å²) in [5, 5.41) is 9.75. The fraction of sp³-hybridized carbons (Fsp3) is 0.367. The lowest BCUT2D eigenvalue weighted by Crippen LogP contribution is -2.46. The standard InChI is InChI=1S/C30H36ClN5O6S/c1-4-6-13-35(29(40)17-34-27(38)15-32-26(37)16-33-28(39)18-43)42-22-11-12-25-24(14-22)23(5-2)19(3)36(25)30(41)20-7-9-21(31)10-8-20/h7-12,14,43H,4-6,13,15-18H2,1-3H3,(H,32,37)(H,33,39)(H,34,38). The zero-order chi connectivity index (χ0) is 31.5. The third kappa shape index (κ3) is 8.98. The number of fused-ring (bicyclic) bond motifs is 1. The zero-order valence-corrected chi connectivity index (χ0v) is 26.0. The topological polar surface area (TPSA) is 139 Å². The first-order valence-corrected chi connectivity index (χ1v) is 14.9. The molecule has 3 N–H and O–H groups in total. The van der Waals surface area contributed by atoms with Crippen LogP contribution in [0.5, 0.6) is 5.75 Å². The fourth-order valence-electron chi connectivity index (χ4n) is 4.40. The van der Waals surface area contributed by atoms with Gasteiger partial charge in [0.1, 0.15) is 0 Å². The molecule has 230 valence electrons. The molecule has 0 unspecified atom stereocenters. The maximum atomic E-state index is 13.4. The molecule has 3 rings (SSSR count). The lowest BCUT2D eigenvalue weighted by molar-refractivity contribution is -0.157. The van der Waals surface area contributed by atoms with Gasteiger partial charge in [0.25, 0.3) is 11.8 Å². The molecular formula is C30H36ClN5O6S. The third-order valence-electron chi connectivity index (χ3n) is 6.64. The number of thiol groups is 1. The number of nitrogens with one attached hydrogen (secondary N) is 3. The molecule has 4 amide bonds. The van der Waals surface area contributed by atoms with Crippen molar-refractivity contribution in [3.63, 3.8) is 0 Å². The van der Waals surface area contributed by atoms with Crippen molar-refractivity contribution in [1.82, 2.24) is 25.6 Å². The first-order chi connectivity index (χ1) is 20.6. The van der Waals surface area contributed by atoms with E-state index in [9.17, 15) is 24.0 Å². The molecular weight excluding hydrogens is 594 g/mol. The average molecular weight is 630 g/mol. The van der Waals surface area contributed by atoms with E-state index in [0.29, 0.717) is 41.2 Å². The lowest BCUT2D eigenvalue weighted by Gasteiger charge is -2.22. The molecule has 1 heterocycles. The van der Waals surface area contributed by atoms with Crippen molar-refractivity contribution in [2.24, 2.45) is 0 Å². The minimum Gasteiger partial charge on any atom is -0.377 e. The molecule has 2 aromatic carbocycles. The molecule has 11 nitrogen and oxygen atoms in total. The van der Waals surface area contributed by atoms with E-state index in [0.717, 1.165) is 23.1 Å². The Labute approximate surface area is 260 Å². The van der Waals surface area contributed by atoms with E-state index in [1.807, 2.05) is 20.8 Å². The number of carbonyl (C=O) groups excluding carboxylic acids is 5. The quantitative estimate of drug-likeness (QED) is 0.160. The molecule has 0 saturated carbocycles. The highest BCUT2D eigenvalue weighted by Gasteiger charge is 2.22. The van der Waals surface area contributed by atoms with Crippen LogP contribution in [-0.2, 0) is 25.6 Å². The highest BCUT2D eigenvalue weighted by molar-refractivity contribution is 7.81. The number of rotatable bonds is 14.